The molecule has 0 aliphatic heterocycles. The number of aromatic nitrogens is 1. The van der Waals surface area contributed by atoms with Crippen molar-refractivity contribution in [2.45, 2.75) is 25.8 Å². The van der Waals surface area contributed by atoms with Crippen LogP contribution in [0, 0.1) is 6.92 Å². The lowest BCUT2D eigenvalue weighted by Crippen LogP contribution is -2.20. The molecular weight excluding hydrogens is 228 g/mol. The normalized spacial score (nSPS) is 15.9. The van der Waals surface area contributed by atoms with Crippen molar-refractivity contribution in [3.05, 3.63) is 22.4 Å². The average molecular weight is 241 g/mol. The third-order valence-corrected chi connectivity index (χ3v) is 3.50. The van der Waals surface area contributed by atoms with Gasteiger partial charge in [-0.15, -0.1) is 0 Å². The molecule has 0 atom stereocenters. The molecule has 0 bridgehead atoms. The first kappa shape index (κ1) is 9.00. The summed E-state index contributed by atoms with van der Waals surface area (Å²) in [6.07, 6.45) is 4.52. The van der Waals surface area contributed by atoms with Gasteiger partial charge < -0.3 is 4.90 Å². The molecule has 1 aromatic rings. The Labute approximate surface area is 87.1 Å². The van der Waals surface area contributed by atoms with E-state index in [1.165, 1.54) is 18.5 Å². The second-order valence-electron chi connectivity index (χ2n) is 3.57. The van der Waals surface area contributed by atoms with Gasteiger partial charge in [-0.1, -0.05) is 0 Å². The molecule has 0 amide bonds. The Bertz CT molecular complexity index is 321. The molecule has 1 heterocycles. The molecule has 13 heavy (non-hydrogen) atoms. The Morgan fingerprint density at radius 1 is 1.54 bits per heavy atom. The summed E-state index contributed by atoms with van der Waals surface area (Å²) in [4.78, 5) is 6.56. The molecule has 1 aromatic heterocycles. The highest BCUT2D eigenvalue weighted by Crippen LogP contribution is 2.34. The summed E-state index contributed by atoms with van der Waals surface area (Å²) in [7, 11) is 2.15. The maximum Gasteiger partial charge on any atom is 0.0621 e. The van der Waals surface area contributed by atoms with Gasteiger partial charge in [-0.2, -0.15) is 0 Å². The van der Waals surface area contributed by atoms with Crippen molar-refractivity contribution in [3.8, 4) is 0 Å². The third kappa shape index (κ3) is 1.70. The molecule has 0 aromatic carbocycles. The van der Waals surface area contributed by atoms with Gasteiger partial charge in [-0.25, -0.2) is 0 Å². The predicted octanol–water partition coefficient (Wildman–Crippen LogP) is 2.75. The van der Waals surface area contributed by atoms with Crippen LogP contribution in [0.4, 0.5) is 5.69 Å². The number of hydrogen-bond acceptors (Lipinski definition) is 2. The first-order valence-corrected chi connectivity index (χ1v) is 5.33. The minimum absolute atomic E-state index is 0.748. The Hall–Kier alpha value is -0.570. The van der Waals surface area contributed by atoms with Gasteiger partial charge in [0, 0.05) is 19.3 Å². The molecule has 3 heteroatoms. The second kappa shape index (κ2) is 3.29. The molecule has 1 aliphatic carbocycles. The van der Waals surface area contributed by atoms with Crippen molar-refractivity contribution in [2.75, 3.05) is 11.9 Å². The van der Waals surface area contributed by atoms with Crippen LogP contribution in [0.5, 0.6) is 0 Å². The molecule has 2 nitrogen and oxygen atoms in total. The van der Waals surface area contributed by atoms with Crippen molar-refractivity contribution in [1.29, 1.82) is 0 Å². The maximum absolute atomic E-state index is 4.23. The van der Waals surface area contributed by atoms with Crippen LogP contribution in [0.2, 0.25) is 0 Å². The van der Waals surface area contributed by atoms with E-state index >= 15 is 0 Å². The molecule has 70 valence electrons. The van der Waals surface area contributed by atoms with Crippen LogP contribution in [0.25, 0.3) is 0 Å². The van der Waals surface area contributed by atoms with Gasteiger partial charge in [0.25, 0.3) is 0 Å². The molecule has 0 unspecified atom stereocenters. The fourth-order valence-corrected chi connectivity index (χ4v) is 1.98. The topological polar surface area (TPSA) is 16.1 Å². The minimum atomic E-state index is 0.748. The van der Waals surface area contributed by atoms with E-state index in [-0.39, 0.29) is 0 Å². The van der Waals surface area contributed by atoms with Gasteiger partial charge >= 0.3 is 0 Å². The van der Waals surface area contributed by atoms with Gasteiger partial charge in [0.05, 0.1) is 15.9 Å². The maximum atomic E-state index is 4.23. The number of rotatable bonds is 2. The summed E-state index contributed by atoms with van der Waals surface area (Å²) in [5.74, 6) is 0. The number of anilines is 1. The van der Waals surface area contributed by atoms with Crippen LogP contribution in [0.15, 0.2) is 16.7 Å². The summed E-state index contributed by atoms with van der Waals surface area (Å²) in [5, 5.41) is 0. The first-order chi connectivity index (χ1) is 6.20. The fourth-order valence-electron chi connectivity index (χ4n) is 1.47. The van der Waals surface area contributed by atoms with Gasteiger partial charge in [-0.3, -0.25) is 4.98 Å². The van der Waals surface area contributed by atoms with Crippen LogP contribution < -0.4 is 4.90 Å². The standard InChI is InChI=1S/C10H13BrN2/c1-7-10(11)9(5-6-12-7)13(2)8-3-4-8/h5-6,8H,3-4H2,1-2H3. The predicted molar refractivity (Wildman–Crippen MR) is 58.1 cm³/mol. The lowest BCUT2D eigenvalue weighted by atomic mass is 10.3. The van der Waals surface area contributed by atoms with Gasteiger partial charge in [-0.05, 0) is 41.8 Å². The van der Waals surface area contributed by atoms with Gasteiger partial charge in [0.15, 0.2) is 0 Å². The van der Waals surface area contributed by atoms with Crippen LogP contribution in [0.1, 0.15) is 18.5 Å². The molecular formula is C10H13BrN2. The quantitative estimate of drug-likeness (QED) is 0.791. The summed E-state index contributed by atoms with van der Waals surface area (Å²) >= 11 is 3.57. The Morgan fingerprint density at radius 2 is 2.23 bits per heavy atom. The second-order valence-corrected chi connectivity index (χ2v) is 4.36. The highest BCUT2D eigenvalue weighted by Gasteiger charge is 2.27. The first-order valence-electron chi connectivity index (χ1n) is 4.54. The molecule has 2 rings (SSSR count). The minimum Gasteiger partial charge on any atom is -0.371 e. The summed E-state index contributed by atoms with van der Waals surface area (Å²) < 4.78 is 1.13. The van der Waals surface area contributed by atoms with Crippen molar-refractivity contribution in [2.24, 2.45) is 0 Å². The number of nitrogens with zero attached hydrogens (tertiary/aromatic N) is 2. The van der Waals surface area contributed by atoms with Crippen molar-refractivity contribution in [3.63, 3.8) is 0 Å². The van der Waals surface area contributed by atoms with Crippen LogP contribution in [0.3, 0.4) is 0 Å². The third-order valence-electron chi connectivity index (χ3n) is 2.52. The van der Waals surface area contributed by atoms with E-state index in [0.717, 1.165) is 16.2 Å². The van der Waals surface area contributed by atoms with Gasteiger partial charge in [0.2, 0.25) is 0 Å². The Morgan fingerprint density at radius 3 is 2.85 bits per heavy atom. The lowest BCUT2D eigenvalue weighted by Gasteiger charge is -2.20. The Balaban J connectivity index is 2.32. The molecule has 0 N–H and O–H groups in total. The van der Waals surface area contributed by atoms with E-state index in [9.17, 15) is 0 Å². The monoisotopic (exact) mass is 240 g/mol. The average Bonchev–Trinajstić information content (AvgIpc) is 2.91. The molecule has 0 spiro atoms. The number of halogens is 1. The van der Waals surface area contributed by atoms with E-state index in [0.29, 0.717) is 0 Å². The molecule has 1 saturated carbocycles. The molecule has 0 radical (unpaired) electrons. The zero-order valence-corrected chi connectivity index (χ0v) is 9.50. The number of aryl methyl sites for hydroxylation is 1. The van der Waals surface area contributed by atoms with E-state index in [1.54, 1.807) is 0 Å². The lowest BCUT2D eigenvalue weighted by molar-refractivity contribution is 0.908. The SMILES string of the molecule is Cc1nccc(N(C)C2CC2)c1Br. The Kier molecular flexibility index (Phi) is 2.28. The van der Waals surface area contributed by atoms with Crippen molar-refractivity contribution in [1.82, 2.24) is 4.98 Å². The highest BCUT2D eigenvalue weighted by atomic mass is 79.9. The van der Waals surface area contributed by atoms with Gasteiger partial charge in [0.1, 0.15) is 0 Å². The summed E-state index contributed by atoms with van der Waals surface area (Å²) in [6.45, 7) is 2.02. The highest BCUT2D eigenvalue weighted by molar-refractivity contribution is 9.10. The zero-order chi connectivity index (χ0) is 9.42. The van der Waals surface area contributed by atoms with Crippen LogP contribution in [-0.2, 0) is 0 Å². The van der Waals surface area contributed by atoms with E-state index in [4.69, 9.17) is 0 Å². The summed E-state index contributed by atoms with van der Waals surface area (Å²) in [6, 6.07) is 2.81. The van der Waals surface area contributed by atoms with Crippen molar-refractivity contribution < 1.29 is 0 Å². The van der Waals surface area contributed by atoms with E-state index in [2.05, 4.69) is 38.9 Å². The molecule has 0 saturated heterocycles. The van der Waals surface area contributed by atoms with Crippen molar-refractivity contribution >= 4 is 21.6 Å². The van der Waals surface area contributed by atoms with Crippen LogP contribution >= 0.6 is 15.9 Å². The smallest absolute Gasteiger partial charge is 0.0621 e. The summed E-state index contributed by atoms with van der Waals surface area (Å²) in [5.41, 5.74) is 2.32. The molecule has 1 fully saturated rings. The largest absolute Gasteiger partial charge is 0.371 e. The van der Waals surface area contributed by atoms with E-state index < -0.39 is 0 Å². The van der Waals surface area contributed by atoms with Crippen LogP contribution in [-0.4, -0.2) is 18.1 Å². The van der Waals surface area contributed by atoms with E-state index in [1.807, 2.05) is 13.1 Å². The molecule has 1 aliphatic rings. The number of pyridine rings is 1. The zero-order valence-electron chi connectivity index (χ0n) is 7.92. The fraction of sp³-hybridized carbons (Fsp3) is 0.500. The number of hydrogen-bond donors (Lipinski definition) is 0.